The number of hydrogen-bond donors (Lipinski definition) is 3. The van der Waals surface area contributed by atoms with Gasteiger partial charge in [-0.1, -0.05) is 13.8 Å². The lowest BCUT2D eigenvalue weighted by molar-refractivity contribution is -0.145. The van der Waals surface area contributed by atoms with E-state index in [0.717, 1.165) is 44.3 Å². The van der Waals surface area contributed by atoms with Gasteiger partial charge in [0, 0.05) is 44.7 Å². The van der Waals surface area contributed by atoms with Crippen LogP contribution in [0.1, 0.15) is 74.7 Å². The highest BCUT2D eigenvalue weighted by atomic mass is 32.2. The van der Waals surface area contributed by atoms with Crippen molar-refractivity contribution in [3.63, 3.8) is 0 Å². The molecule has 0 bridgehead atoms. The van der Waals surface area contributed by atoms with Crippen molar-refractivity contribution in [2.45, 2.75) is 77.2 Å². The van der Waals surface area contributed by atoms with Gasteiger partial charge in [0.1, 0.15) is 24.2 Å². The largest absolute Gasteiger partial charge is 0.491 e. The monoisotopic (exact) mass is 703 g/mol. The summed E-state index contributed by atoms with van der Waals surface area (Å²) < 4.78 is 67.5. The molecule has 3 heterocycles. The maximum atomic E-state index is 14.0. The number of aryl methyl sites for hydroxylation is 1. The smallest absolute Gasteiger partial charge is 0.323 e. The molecule has 0 unspecified atom stereocenters. The van der Waals surface area contributed by atoms with Crippen molar-refractivity contribution in [1.82, 2.24) is 0 Å². The van der Waals surface area contributed by atoms with E-state index in [1.807, 2.05) is 11.0 Å². The second-order valence-electron chi connectivity index (χ2n) is 14.3. The number of ether oxygens (including phenoxy) is 2. The Kier molecular flexibility index (Phi) is 10.0. The van der Waals surface area contributed by atoms with Crippen LogP contribution in [0.15, 0.2) is 30.3 Å². The van der Waals surface area contributed by atoms with Crippen molar-refractivity contribution in [3.05, 3.63) is 41.5 Å². The summed E-state index contributed by atoms with van der Waals surface area (Å²) in [7, 11) is -3.90. The normalized spacial score (nSPS) is 20.3. The van der Waals surface area contributed by atoms with Crippen LogP contribution in [0.25, 0.3) is 0 Å². The average Bonchev–Trinajstić information content (AvgIpc) is 3.82. The standard InChI is InChI=1S/C35H47F2N5O6S/c1-23(2)30(38)33(44)48-18-19-49(45,46)40-25-5-6-27(28(21-25)41-13-9-34(7-8-34)10-14-41)32(43)39-26-20-24-4-3-17-47-31(24)29(22-26)42-15-11-35(36,37)12-16-42/h5-6,20-23,30,40H,3-4,7-19,38H2,1-2H3,(H,39,43)/t30-/m0/s1. The number of fused-ring (bicyclic) bond motifs is 1. The summed E-state index contributed by atoms with van der Waals surface area (Å²) >= 11 is 0. The number of halogens is 2. The molecule has 2 saturated heterocycles. The molecule has 2 aromatic rings. The van der Waals surface area contributed by atoms with Crippen molar-refractivity contribution in [2.75, 3.05) is 65.0 Å². The number of nitrogens with one attached hydrogen (secondary N) is 2. The minimum Gasteiger partial charge on any atom is -0.491 e. The van der Waals surface area contributed by atoms with Crippen molar-refractivity contribution in [2.24, 2.45) is 17.1 Å². The Bertz CT molecular complexity index is 1660. The molecule has 2 aromatic carbocycles. The van der Waals surface area contributed by atoms with Crippen molar-refractivity contribution in [1.29, 1.82) is 0 Å². The number of nitrogens with two attached hydrogens (primary N) is 1. The summed E-state index contributed by atoms with van der Waals surface area (Å²) in [5.74, 6) is -3.62. The zero-order chi connectivity index (χ0) is 35.0. The van der Waals surface area contributed by atoms with Gasteiger partial charge >= 0.3 is 5.97 Å². The first-order chi connectivity index (χ1) is 23.2. The Morgan fingerprint density at radius 2 is 1.61 bits per heavy atom. The first-order valence-corrected chi connectivity index (χ1v) is 18.9. The Morgan fingerprint density at radius 1 is 0.959 bits per heavy atom. The maximum Gasteiger partial charge on any atom is 0.323 e. The topological polar surface area (TPSA) is 143 Å². The molecule has 4 aliphatic rings. The summed E-state index contributed by atoms with van der Waals surface area (Å²) in [4.78, 5) is 30.1. The zero-order valence-electron chi connectivity index (χ0n) is 28.2. The number of piperidine rings is 2. The Labute approximate surface area is 286 Å². The molecule has 3 aliphatic heterocycles. The van der Waals surface area contributed by atoms with E-state index in [1.165, 1.54) is 12.8 Å². The van der Waals surface area contributed by atoms with Gasteiger partial charge in [-0.2, -0.15) is 0 Å². The molecule has 1 saturated carbocycles. The molecule has 0 aromatic heterocycles. The SMILES string of the molecule is CC(C)[C@H](N)C(=O)OCCS(=O)(=O)Nc1ccc(C(=O)Nc2cc3c(c(N4CCC(F)(F)CC4)c2)OCCC3)c(N2CCC3(CC2)CC3)c1. The number of rotatable bonds is 11. The molecule has 1 amide bonds. The minimum atomic E-state index is -3.90. The molecule has 4 N–H and O–H groups in total. The van der Waals surface area contributed by atoms with E-state index in [0.29, 0.717) is 46.1 Å². The van der Waals surface area contributed by atoms with Crippen LogP contribution >= 0.6 is 0 Å². The van der Waals surface area contributed by atoms with Crippen LogP contribution < -0.4 is 30.3 Å². The van der Waals surface area contributed by atoms with Gasteiger partial charge in [0.05, 0.1) is 29.2 Å². The summed E-state index contributed by atoms with van der Waals surface area (Å²) in [5, 5.41) is 3.04. The zero-order valence-corrected chi connectivity index (χ0v) is 29.0. The van der Waals surface area contributed by atoms with Crippen LogP contribution in [0.4, 0.5) is 31.5 Å². The third-order valence-electron chi connectivity index (χ3n) is 10.3. The van der Waals surface area contributed by atoms with Crippen LogP contribution in [0.2, 0.25) is 0 Å². The van der Waals surface area contributed by atoms with Crippen molar-refractivity contribution in [3.8, 4) is 5.75 Å². The van der Waals surface area contributed by atoms with Crippen LogP contribution in [-0.2, 0) is 26.0 Å². The lowest BCUT2D eigenvalue weighted by atomic mass is 9.93. The lowest BCUT2D eigenvalue weighted by Gasteiger charge is -2.36. The molecular weight excluding hydrogens is 656 g/mol. The highest BCUT2D eigenvalue weighted by Gasteiger charge is 2.45. The van der Waals surface area contributed by atoms with Crippen LogP contribution in [0, 0.1) is 11.3 Å². The number of sulfonamides is 1. The minimum absolute atomic E-state index is 0.144. The van der Waals surface area contributed by atoms with E-state index in [1.54, 1.807) is 38.1 Å². The average molecular weight is 704 g/mol. The maximum absolute atomic E-state index is 14.0. The molecule has 3 fully saturated rings. The number of hydrogen-bond acceptors (Lipinski definition) is 9. The highest BCUT2D eigenvalue weighted by Crippen LogP contribution is 2.54. The van der Waals surface area contributed by atoms with Crippen molar-refractivity contribution < 1.29 is 36.3 Å². The fraction of sp³-hybridized carbons (Fsp3) is 0.600. The van der Waals surface area contributed by atoms with Crippen LogP contribution in [0.5, 0.6) is 5.75 Å². The molecule has 49 heavy (non-hydrogen) atoms. The number of anilines is 4. The van der Waals surface area contributed by atoms with Crippen LogP contribution in [0.3, 0.4) is 0 Å². The Balaban J connectivity index is 1.22. The third-order valence-corrected chi connectivity index (χ3v) is 11.6. The first-order valence-electron chi connectivity index (χ1n) is 17.3. The fourth-order valence-electron chi connectivity index (χ4n) is 6.84. The van der Waals surface area contributed by atoms with Gasteiger partial charge in [0.2, 0.25) is 10.0 Å². The molecule has 1 atom stereocenters. The molecule has 0 radical (unpaired) electrons. The Hall–Kier alpha value is -3.65. The first kappa shape index (κ1) is 35.2. The fourth-order valence-corrected chi connectivity index (χ4v) is 7.73. The van der Waals surface area contributed by atoms with E-state index in [-0.39, 0.29) is 44.4 Å². The Morgan fingerprint density at radius 3 is 2.29 bits per heavy atom. The second kappa shape index (κ2) is 13.9. The summed E-state index contributed by atoms with van der Waals surface area (Å²) in [6.07, 6.45) is 5.48. The van der Waals surface area contributed by atoms with E-state index in [9.17, 15) is 26.8 Å². The number of alkyl halides is 2. The van der Waals surface area contributed by atoms with Gasteiger partial charge in [-0.3, -0.25) is 14.3 Å². The summed E-state index contributed by atoms with van der Waals surface area (Å²) in [5.41, 5.74) is 9.64. The molecular formula is C35H47F2N5O6S. The van der Waals surface area contributed by atoms with Gasteiger partial charge in [0.15, 0.2) is 0 Å². The van der Waals surface area contributed by atoms with E-state index >= 15 is 0 Å². The van der Waals surface area contributed by atoms with Gasteiger partial charge < -0.3 is 30.3 Å². The quantitative estimate of drug-likeness (QED) is 0.271. The van der Waals surface area contributed by atoms with E-state index in [4.69, 9.17) is 15.2 Å². The molecule has 14 heteroatoms. The molecule has 1 spiro atoms. The van der Waals surface area contributed by atoms with E-state index < -0.39 is 33.7 Å². The van der Waals surface area contributed by atoms with E-state index in [2.05, 4.69) is 14.9 Å². The van der Waals surface area contributed by atoms with Crippen molar-refractivity contribution >= 4 is 44.6 Å². The van der Waals surface area contributed by atoms with Crippen LogP contribution in [-0.4, -0.2) is 77.4 Å². The van der Waals surface area contributed by atoms with Gasteiger partial charge in [0.25, 0.3) is 11.8 Å². The number of esters is 1. The number of amides is 1. The molecule has 6 rings (SSSR count). The number of carbonyl (C=O) groups is 2. The number of nitrogens with zero attached hydrogens (tertiary/aromatic N) is 2. The lowest BCUT2D eigenvalue weighted by Crippen LogP contribution is -2.39. The summed E-state index contributed by atoms with van der Waals surface area (Å²) in [6, 6.07) is 7.68. The van der Waals surface area contributed by atoms with Gasteiger partial charge in [-0.25, -0.2) is 17.2 Å². The molecule has 11 nitrogen and oxygen atoms in total. The molecule has 1 aliphatic carbocycles. The van der Waals surface area contributed by atoms with Gasteiger partial charge in [-0.15, -0.1) is 0 Å². The van der Waals surface area contributed by atoms with Gasteiger partial charge in [-0.05, 0) is 85.8 Å². The highest BCUT2D eigenvalue weighted by molar-refractivity contribution is 7.92. The second-order valence-corrected chi connectivity index (χ2v) is 16.2. The predicted octanol–water partition coefficient (Wildman–Crippen LogP) is 5.15. The summed E-state index contributed by atoms with van der Waals surface area (Å²) in [6.45, 7) is 5.61. The molecule has 268 valence electrons. The third kappa shape index (κ3) is 8.39. The number of carbonyl (C=O) groups excluding carboxylic acids is 2. The predicted molar refractivity (Wildman–Crippen MR) is 185 cm³/mol. The number of benzene rings is 2.